The van der Waals surface area contributed by atoms with Gasteiger partial charge in [0.2, 0.25) is 15.6 Å². The van der Waals surface area contributed by atoms with E-state index in [0.29, 0.717) is 16.9 Å². The zero-order valence-corrected chi connectivity index (χ0v) is 17.3. The van der Waals surface area contributed by atoms with Crippen molar-refractivity contribution in [2.45, 2.75) is 23.3 Å². The number of Topliss-reactive ketones (excluding diaryl/α,β-unsaturated/α-hetero) is 1. The number of aromatic nitrogens is 3. The van der Waals surface area contributed by atoms with Crippen molar-refractivity contribution in [3.63, 3.8) is 0 Å². The summed E-state index contributed by atoms with van der Waals surface area (Å²) < 4.78 is 27.2. The molecule has 31 heavy (non-hydrogen) atoms. The number of nitrogens with one attached hydrogen (secondary N) is 1. The van der Waals surface area contributed by atoms with Gasteiger partial charge in [-0.25, -0.2) is 18.4 Å². The molecule has 0 bridgehead atoms. The Morgan fingerprint density at radius 2 is 1.58 bits per heavy atom. The minimum Gasteiger partial charge on any atom is -0.348 e. The molecular formula is C22H18N4O4S. The van der Waals surface area contributed by atoms with Gasteiger partial charge < -0.3 is 5.32 Å². The van der Waals surface area contributed by atoms with Gasteiger partial charge in [-0.15, -0.1) is 0 Å². The summed E-state index contributed by atoms with van der Waals surface area (Å²) in [6.45, 7) is 1.65. The summed E-state index contributed by atoms with van der Waals surface area (Å²) in [4.78, 5) is 32.1. The van der Waals surface area contributed by atoms with Gasteiger partial charge >= 0.3 is 0 Å². The minimum absolute atomic E-state index is 0.112. The van der Waals surface area contributed by atoms with Crippen LogP contribution in [0.3, 0.4) is 0 Å². The van der Waals surface area contributed by atoms with Crippen molar-refractivity contribution >= 4 is 27.3 Å². The van der Waals surface area contributed by atoms with E-state index in [1.807, 2.05) is 0 Å². The zero-order chi connectivity index (χ0) is 22.0. The number of sulfone groups is 1. The standard InChI is InChI=1S/C22H18N4O4S/c1-15(27)17-4-8-20(9-5-17)31(29,30)19-6-2-16(3-7-19)12-24-21(28)18-13-25-22-23-10-11-26(22)14-18/h2-11,13-14H,12H2,1H3,(H,24,28). The number of nitrogens with zero attached hydrogens (tertiary/aromatic N) is 3. The molecule has 0 unspecified atom stereocenters. The van der Waals surface area contributed by atoms with Crippen LogP contribution in [0.4, 0.5) is 0 Å². The number of benzene rings is 2. The highest BCUT2D eigenvalue weighted by atomic mass is 32.2. The Labute approximate surface area is 178 Å². The first kappa shape index (κ1) is 20.4. The van der Waals surface area contributed by atoms with Gasteiger partial charge in [0.05, 0.1) is 15.4 Å². The van der Waals surface area contributed by atoms with Crippen LogP contribution in [-0.2, 0) is 16.4 Å². The van der Waals surface area contributed by atoms with Crippen LogP contribution >= 0.6 is 0 Å². The Bertz CT molecular complexity index is 1380. The molecule has 156 valence electrons. The lowest BCUT2D eigenvalue weighted by molar-refractivity contribution is 0.0949. The third kappa shape index (κ3) is 4.22. The average Bonchev–Trinajstić information content (AvgIpc) is 3.25. The molecule has 8 nitrogen and oxygen atoms in total. The number of hydrogen-bond donors (Lipinski definition) is 1. The zero-order valence-electron chi connectivity index (χ0n) is 16.5. The van der Waals surface area contributed by atoms with Gasteiger partial charge in [0, 0.05) is 36.9 Å². The molecular weight excluding hydrogens is 416 g/mol. The molecule has 0 aliphatic heterocycles. The molecule has 0 saturated heterocycles. The van der Waals surface area contributed by atoms with E-state index in [2.05, 4.69) is 15.3 Å². The SMILES string of the molecule is CC(=O)c1ccc(S(=O)(=O)c2ccc(CNC(=O)c3cnc4nccn4c3)cc2)cc1. The molecule has 2 aromatic carbocycles. The molecule has 2 aromatic heterocycles. The van der Waals surface area contributed by atoms with E-state index in [0.717, 1.165) is 5.56 Å². The van der Waals surface area contributed by atoms with Crippen LogP contribution in [0.1, 0.15) is 33.2 Å². The molecule has 1 amide bonds. The predicted molar refractivity (Wildman–Crippen MR) is 112 cm³/mol. The van der Waals surface area contributed by atoms with Gasteiger partial charge in [0.25, 0.3) is 5.91 Å². The van der Waals surface area contributed by atoms with Crippen molar-refractivity contribution in [2.75, 3.05) is 0 Å². The smallest absolute Gasteiger partial charge is 0.254 e. The normalized spacial score (nSPS) is 11.4. The summed E-state index contributed by atoms with van der Waals surface area (Å²) in [5.41, 5.74) is 1.59. The molecule has 0 radical (unpaired) electrons. The molecule has 0 atom stereocenters. The maximum absolute atomic E-state index is 12.8. The van der Waals surface area contributed by atoms with Crippen LogP contribution in [-0.4, -0.2) is 34.5 Å². The summed E-state index contributed by atoms with van der Waals surface area (Å²) in [6.07, 6.45) is 6.38. The van der Waals surface area contributed by atoms with Crippen LogP contribution in [0.15, 0.2) is 83.1 Å². The molecule has 0 spiro atoms. The van der Waals surface area contributed by atoms with Gasteiger partial charge in [-0.1, -0.05) is 24.3 Å². The minimum atomic E-state index is -3.70. The van der Waals surface area contributed by atoms with E-state index >= 15 is 0 Å². The number of fused-ring (bicyclic) bond motifs is 1. The molecule has 9 heteroatoms. The second kappa shape index (κ2) is 8.11. The van der Waals surface area contributed by atoms with Crippen LogP contribution in [0.25, 0.3) is 5.78 Å². The molecule has 4 rings (SSSR count). The number of carbonyl (C=O) groups excluding carboxylic acids is 2. The summed E-state index contributed by atoms with van der Waals surface area (Å²) in [6, 6.07) is 12.1. The Kier molecular flexibility index (Phi) is 5.35. The third-order valence-electron chi connectivity index (χ3n) is 4.77. The lowest BCUT2D eigenvalue weighted by Gasteiger charge is -2.08. The van der Waals surface area contributed by atoms with Crippen molar-refractivity contribution in [3.05, 3.63) is 90.0 Å². The number of carbonyl (C=O) groups is 2. The Balaban J connectivity index is 1.44. The molecule has 2 heterocycles. The topological polar surface area (TPSA) is 110 Å². The Hall–Kier alpha value is -3.85. The van der Waals surface area contributed by atoms with E-state index in [-0.39, 0.29) is 28.0 Å². The molecule has 0 aliphatic carbocycles. The highest BCUT2D eigenvalue weighted by Crippen LogP contribution is 2.22. The molecule has 0 fully saturated rings. The van der Waals surface area contributed by atoms with E-state index in [9.17, 15) is 18.0 Å². The Morgan fingerprint density at radius 3 is 2.23 bits per heavy atom. The predicted octanol–water partition coefficient (Wildman–Crippen LogP) is 2.69. The van der Waals surface area contributed by atoms with Crippen LogP contribution < -0.4 is 5.32 Å². The number of hydrogen-bond acceptors (Lipinski definition) is 6. The first-order valence-corrected chi connectivity index (χ1v) is 10.8. The molecule has 0 saturated carbocycles. The Morgan fingerprint density at radius 1 is 0.935 bits per heavy atom. The maximum Gasteiger partial charge on any atom is 0.254 e. The summed E-state index contributed by atoms with van der Waals surface area (Å²) >= 11 is 0. The quantitative estimate of drug-likeness (QED) is 0.467. The van der Waals surface area contributed by atoms with Gasteiger partial charge in [0.1, 0.15) is 0 Å². The van der Waals surface area contributed by atoms with Gasteiger partial charge in [-0.3, -0.25) is 14.0 Å². The van der Waals surface area contributed by atoms with Crippen LogP contribution in [0.2, 0.25) is 0 Å². The van der Waals surface area contributed by atoms with Crippen LogP contribution in [0.5, 0.6) is 0 Å². The van der Waals surface area contributed by atoms with Gasteiger partial charge in [0.15, 0.2) is 5.78 Å². The number of rotatable bonds is 6. The fourth-order valence-electron chi connectivity index (χ4n) is 3.01. The van der Waals surface area contributed by atoms with Crippen molar-refractivity contribution < 1.29 is 18.0 Å². The second-order valence-electron chi connectivity index (χ2n) is 6.89. The summed E-state index contributed by atoms with van der Waals surface area (Å²) in [7, 11) is -3.70. The van der Waals surface area contributed by atoms with Crippen molar-refractivity contribution in [2.24, 2.45) is 0 Å². The van der Waals surface area contributed by atoms with Crippen molar-refractivity contribution in [1.82, 2.24) is 19.7 Å². The van der Waals surface area contributed by atoms with E-state index in [4.69, 9.17) is 0 Å². The fraction of sp³-hybridized carbons (Fsp3) is 0.0909. The molecule has 1 N–H and O–H groups in total. The van der Waals surface area contributed by atoms with Gasteiger partial charge in [-0.05, 0) is 36.8 Å². The average molecular weight is 434 g/mol. The van der Waals surface area contributed by atoms with E-state index in [1.165, 1.54) is 49.5 Å². The van der Waals surface area contributed by atoms with Crippen molar-refractivity contribution in [3.8, 4) is 0 Å². The second-order valence-corrected chi connectivity index (χ2v) is 8.84. The maximum atomic E-state index is 12.8. The van der Waals surface area contributed by atoms with E-state index < -0.39 is 9.84 Å². The third-order valence-corrected chi connectivity index (χ3v) is 6.55. The molecule has 0 aliphatic rings. The number of ketones is 1. The number of imidazole rings is 1. The van der Waals surface area contributed by atoms with Gasteiger partial charge in [-0.2, -0.15) is 0 Å². The monoisotopic (exact) mass is 434 g/mol. The fourth-order valence-corrected chi connectivity index (χ4v) is 4.27. The summed E-state index contributed by atoms with van der Waals surface area (Å²) in [5.74, 6) is 0.0747. The first-order valence-electron chi connectivity index (χ1n) is 9.36. The first-order chi connectivity index (χ1) is 14.8. The largest absolute Gasteiger partial charge is 0.348 e. The van der Waals surface area contributed by atoms with Crippen LogP contribution in [0, 0.1) is 0 Å². The van der Waals surface area contributed by atoms with Crippen molar-refractivity contribution in [1.29, 1.82) is 0 Å². The highest BCUT2D eigenvalue weighted by molar-refractivity contribution is 7.91. The lowest BCUT2D eigenvalue weighted by atomic mass is 10.2. The molecule has 4 aromatic rings. The number of amides is 1. The van der Waals surface area contributed by atoms with E-state index in [1.54, 1.807) is 35.1 Å². The highest BCUT2D eigenvalue weighted by Gasteiger charge is 2.18. The summed E-state index contributed by atoms with van der Waals surface area (Å²) in [5, 5.41) is 2.78. The lowest BCUT2D eigenvalue weighted by Crippen LogP contribution is -2.23.